The number of aryl methyl sites for hydroxylation is 1. The van der Waals surface area contributed by atoms with Crippen molar-refractivity contribution in [2.24, 2.45) is 5.92 Å². The summed E-state index contributed by atoms with van der Waals surface area (Å²) in [6, 6.07) is 9.02. The molecule has 2 atom stereocenters. The monoisotopic (exact) mass is 265 g/mol. The van der Waals surface area contributed by atoms with Crippen molar-refractivity contribution in [3.8, 4) is 0 Å². The molecule has 1 saturated heterocycles. The van der Waals surface area contributed by atoms with Crippen LogP contribution in [0.4, 0.5) is 0 Å². The fraction of sp³-hybridized carbons (Fsp3) is 0.600. The minimum absolute atomic E-state index is 0.352. The maximum absolute atomic E-state index is 12.3. The number of benzene rings is 1. The zero-order valence-corrected chi connectivity index (χ0v) is 12.4. The highest BCUT2D eigenvalue weighted by Crippen LogP contribution is 2.33. The molecule has 1 aromatic carbocycles. The smallest absolute Gasteiger partial charge is 0.0950 e. The minimum Gasteiger partial charge on any atom is -0.243 e. The van der Waals surface area contributed by atoms with Crippen molar-refractivity contribution in [3.63, 3.8) is 0 Å². The van der Waals surface area contributed by atoms with Gasteiger partial charge in [0.05, 0.1) is 11.0 Å². The van der Waals surface area contributed by atoms with Crippen LogP contribution in [0.1, 0.15) is 43.9 Å². The van der Waals surface area contributed by atoms with Gasteiger partial charge < -0.3 is 0 Å². The summed E-state index contributed by atoms with van der Waals surface area (Å²) in [6.45, 7) is 7.34. The summed E-state index contributed by atoms with van der Waals surface area (Å²) < 4.78 is 14.5. The lowest BCUT2D eigenvalue weighted by Crippen LogP contribution is -2.28. The second-order valence-corrected chi connectivity index (χ2v) is 7.04. The molecule has 3 heteroatoms. The topological polar surface area (TPSA) is 20.3 Å². The lowest BCUT2D eigenvalue weighted by molar-refractivity contribution is 0.424. The van der Waals surface area contributed by atoms with Gasteiger partial charge in [0.25, 0.3) is 0 Å². The van der Waals surface area contributed by atoms with Gasteiger partial charge in [0, 0.05) is 18.3 Å². The fourth-order valence-electron chi connectivity index (χ4n) is 2.49. The molecular formula is C15H23NOS. The Morgan fingerprint density at radius 2 is 2.00 bits per heavy atom. The van der Waals surface area contributed by atoms with Crippen molar-refractivity contribution in [1.82, 2.24) is 4.31 Å². The molecule has 0 N–H and O–H groups in total. The number of rotatable bonds is 4. The van der Waals surface area contributed by atoms with E-state index in [-0.39, 0.29) is 0 Å². The maximum atomic E-state index is 12.3. The van der Waals surface area contributed by atoms with Gasteiger partial charge in [-0.3, -0.25) is 0 Å². The van der Waals surface area contributed by atoms with E-state index in [0.717, 1.165) is 25.1 Å². The van der Waals surface area contributed by atoms with Crippen LogP contribution in [0.3, 0.4) is 0 Å². The van der Waals surface area contributed by atoms with E-state index in [1.54, 1.807) is 0 Å². The minimum atomic E-state index is -0.828. The van der Waals surface area contributed by atoms with Gasteiger partial charge in [-0.1, -0.05) is 43.7 Å². The van der Waals surface area contributed by atoms with E-state index in [1.165, 1.54) is 11.1 Å². The van der Waals surface area contributed by atoms with E-state index in [4.69, 9.17) is 0 Å². The third-order valence-corrected chi connectivity index (χ3v) is 5.32. The first kappa shape index (κ1) is 13.8. The molecule has 1 heterocycles. The van der Waals surface area contributed by atoms with Crippen LogP contribution in [0.2, 0.25) is 0 Å². The molecule has 0 radical (unpaired) electrons. The zero-order chi connectivity index (χ0) is 13.1. The highest BCUT2D eigenvalue weighted by atomic mass is 32.2. The molecule has 0 amide bonds. The Morgan fingerprint density at radius 3 is 2.61 bits per heavy atom. The molecule has 1 aliphatic heterocycles. The molecule has 0 aliphatic carbocycles. The molecule has 1 unspecified atom stereocenters. The molecule has 2 nitrogen and oxygen atoms in total. The maximum Gasteiger partial charge on any atom is 0.0950 e. The Kier molecular flexibility index (Phi) is 4.57. The molecule has 0 aromatic heterocycles. The molecule has 0 bridgehead atoms. The first-order valence-corrected chi connectivity index (χ1v) is 8.07. The van der Waals surface area contributed by atoms with E-state index in [9.17, 15) is 4.21 Å². The van der Waals surface area contributed by atoms with Gasteiger partial charge in [0.2, 0.25) is 0 Å². The normalized spacial score (nSPS) is 22.6. The molecule has 1 fully saturated rings. The van der Waals surface area contributed by atoms with Gasteiger partial charge in [0.15, 0.2) is 0 Å². The zero-order valence-electron chi connectivity index (χ0n) is 11.6. The van der Waals surface area contributed by atoms with Crippen LogP contribution in [-0.2, 0) is 11.0 Å². The Morgan fingerprint density at radius 1 is 1.33 bits per heavy atom. The van der Waals surface area contributed by atoms with Crippen molar-refractivity contribution in [2.45, 2.75) is 39.7 Å². The quantitative estimate of drug-likeness (QED) is 0.816. The highest BCUT2D eigenvalue weighted by molar-refractivity contribution is 7.82. The SMILES string of the molecule is Cc1ccc([C@@H]2CCCN2S(=O)CC(C)C)cc1. The van der Waals surface area contributed by atoms with E-state index < -0.39 is 11.0 Å². The average molecular weight is 265 g/mol. The van der Waals surface area contributed by atoms with E-state index in [0.29, 0.717) is 12.0 Å². The van der Waals surface area contributed by atoms with Gasteiger partial charge in [-0.25, -0.2) is 8.51 Å². The van der Waals surface area contributed by atoms with E-state index in [2.05, 4.69) is 49.3 Å². The van der Waals surface area contributed by atoms with Gasteiger partial charge in [0.1, 0.15) is 0 Å². The second kappa shape index (κ2) is 5.98. The predicted molar refractivity (Wildman–Crippen MR) is 77.7 cm³/mol. The summed E-state index contributed by atoms with van der Waals surface area (Å²) in [7, 11) is -0.828. The predicted octanol–water partition coefficient (Wildman–Crippen LogP) is 3.45. The standard InChI is InChI=1S/C15H23NOS/c1-12(2)11-18(17)16-10-4-5-15(16)14-8-6-13(3)7-9-14/h6-9,12,15H,4-5,10-11H2,1-3H3/t15-,18?/m0/s1. The van der Waals surface area contributed by atoms with Crippen molar-refractivity contribution >= 4 is 11.0 Å². The van der Waals surface area contributed by atoms with Crippen LogP contribution in [0.5, 0.6) is 0 Å². The van der Waals surface area contributed by atoms with Gasteiger partial charge >= 0.3 is 0 Å². The molecule has 100 valence electrons. The molecule has 0 spiro atoms. The number of nitrogens with zero attached hydrogens (tertiary/aromatic N) is 1. The summed E-state index contributed by atoms with van der Waals surface area (Å²) in [6.07, 6.45) is 2.29. The van der Waals surface area contributed by atoms with Gasteiger partial charge in [-0.05, 0) is 31.2 Å². The molecule has 2 rings (SSSR count). The first-order valence-electron chi connectivity index (χ1n) is 6.79. The average Bonchev–Trinajstić information content (AvgIpc) is 2.78. The summed E-state index contributed by atoms with van der Waals surface area (Å²) in [4.78, 5) is 0. The Balaban J connectivity index is 2.12. The Bertz CT molecular complexity index is 413. The summed E-state index contributed by atoms with van der Waals surface area (Å²) >= 11 is 0. The third kappa shape index (κ3) is 3.21. The lowest BCUT2D eigenvalue weighted by atomic mass is 10.0. The van der Waals surface area contributed by atoms with E-state index >= 15 is 0 Å². The van der Waals surface area contributed by atoms with E-state index in [1.807, 2.05) is 0 Å². The fourth-order valence-corrected chi connectivity index (χ4v) is 4.09. The Labute approximate surface area is 113 Å². The largest absolute Gasteiger partial charge is 0.243 e. The summed E-state index contributed by atoms with van der Waals surface area (Å²) in [5.74, 6) is 1.27. The number of hydrogen-bond donors (Lipinski definition) is 0. The molecule has 1 aliphatic rings. The molecule has 0 saturated carbocycles. The van der Waals surface area contributed by atoms with Crippen LogP contribution < -0.4 is 0 Å². The molecule has 1 aromatic rings. The first-order chi connectivity index (χ1) is 8.58. The van der Waals surface area contributed by atoms with Crippen molar-refractivity contribution in [2.75, 3.05) is 12.3 Å². The van der Waals surface area contributed by atoms with Crippen LogP contribution in [0.25, 0.3) is 0 Å². The lowest BCUT2D eigenvalue weighted by Gasteiger charge is -2.24. The van der Waals surface area contributed by atoms with Crippen LogP contribution >= 0.6 is 0 Å². The summed E-state index contributed by atoms with van der Waals surface area (Å²) in [5.41, 5.74) is 2.60. The molecular weight excluding hydrogens is 242 g/mol. The second-order valence-electron chi connectivity index (χ2n) is 5.59. The van der Waals surface area contributed by atoms with Crippen molar-refractivity contribution in [3.05, 3.63) is 35.4 Å². The highest BCUT2D eigenvalue weighted by Gasteiger charge is 2.30. The van der Waals surface area contributed by atoms with Crippen LogP contribution in [0.15, 0.2) is 24.3 Å². The number of hydrogen-bond acceptors (Lipinski definition) is 1. The summed E-state index contributed by atoms with van der Waals surface area (Å²) in [5, 5.41) is 0. The van der Waals surface area contributed by atoms with Crippen LogP contribution in [0, 0.1) is 12.8 Å². The van der Waals surface area contributed by atoms with Crippen molar-refractivity contribution in [1.29, 1.82) is 0 Å². The van der Waals surface area contributed by atoms with Crippen LogP contribution in [-0.4, -0.2) is 20.8 Å². The Hall–Kier alpha value is -0.670. The van der Waals surface area contributed by atoms with Gasteiger partial charge in [-0.15, -0.1) is 0 Å². The van der Waals surface area contributed by atoms with Crippen molar-refractivity contribution < 1.29 is 4.21 Å². The third-order valence-electron chi connectivity index (χ3n) is 3.40. The van der Waals surface area contributed by atoms with Gasteiger partial charge in [-0.2, -0.15) is 0 Å². The molecule has 18 heavy (non-hydrogen) atoms.